The molecule has 0 unspecified atom stereocenters. The van der Waals surface area contributed by atoms with Crippen molar-refractivity contribution in [3.63, 3.8) is 0 Å². The smallest absolute Gasteiger partial charge is 0.355 e. The van der Waals surface area contributed by atoms with Gasteiger partial charge in [0.15, 0.2) is 5.69 Å². The fourth-order valence-corrected chi connectivity index (χ4v) is 1.78. The average molecular weight is 283 g/mol. The van der Waals surface area contributed by atoms with Gasteiger partial charge in [0.25, 0.3) is 0 Å². The molecule has 1 aromatic rings. The van der Waals surface area contributed by atoms with Crippen molar-refractivity contribution in [3.8, 4) is 0 Å². The number of halogens is 4. The number of hydrogen-bond acceptors (Lipinski definition) is 4. The molecule has 2 rings (SSSR count). The van der Waals surface area contributed by atoms with Crippen LogP contribution in [-0.2, 0) is 6.18 Å². The number of aromatic nitrogens is 2. The summed E-state index contributed by atoms with van der Waals surface area (Å²) in [4.78, 5) is 8.96. The number of nitrogens with zero attached hydrogens (tertiary/aromatic N) is 3. The van der Waals surface area contributed by atoms with Crippen LogP contribution in [0.5, 0.6) is 0 Å². The standard InChI is InChI=1S/C10H13F3N4.ClH/c1-17(7-2-6(14)3-7)9-5-15-8(4-16-9)10(11,12)13;/h4-7H,2-3,14H2,1H3;1H/t6-,7+;. The fourth-order valence-electron chi connectivity index (χ4n) is 1.78. The second-order valence-corrected chi connectivity index (χ2v) is 4.25. The van der Waals surface area contributed by atoms with Gasteiger partial charge in [-0.05, 0) is 12.8 Å². The zero-order valence-electron chi connectivity index (χ0n) is 9.68. The van der Waals surface area contributed by atoms with E-state index in [-0.39, 0.29) is 24.5 Å². The third-order valence-electron chi connectivity index (χ3n) is 2.99. The first-order valence-corrected chi connectivity index (χ1v) is 5.25. The second-order valence-electron chi connectivity index (χ2n) is 4.25. The Bertz CT molecular complexity index is 389. The molecule has 8 heteroatoms. The Kier molecular flexibility index (Phi) is 4.39. The predicted octanol–water partition coefficient (Wildman–Crippen LogP) is 1.84. The lowest BCUT2D eigenvalue weighted by Gasteiger charge is -2.39. The number of rotatable bonds is 2. The minimum atomic E-state index is -4.44. The monoisotopic (exact) mass is 282 g/mol. The van der Waals surface area contributed by atoms with Crippen molar-refractivity contribution in [1.29, 1.82) is 0 Å². The Labute approximate surface area is 109 Å². The highest BCUT2D eigenvalue weighted by atomic mass is 35.5. The Morgan fingerprint density at radius 2 is 1.89 bits per heavy atom. The molecule has 0 saturated heterocycles. The Balaban J connectivity index is 0.00000162. The summed E-state index contributed by atoms with van der Waals surface area (Å²) >= 11 is 0. The molecule has 1 aliphatic rings. The molecule has 102 valence electrons. The lowest BCUT2D eigenvalue weighted by molar-refractivity contribution is -0.141. The largest absolute Gasteiger partial charge is 0.434 e. The summed E-state index contributed by atoms with van der Waals surface area (Å²) in [5.74, 6) is 0.440. The Morgan fingerprint density at radius 1 is 1.28 bits per heavy atom. The molecule has 1 heterocycles. The highest BCUT2D eigenvalue weighted by Crippen LogP contribution is 2.29. The topological polar surface area (TPSA) is 55.0 Å². The van der Waals surface area contributed by atoms with Crippen molar-refractivity contribution in [3.05, 3.63) is 18.1 Å². The van der Waals surface area contributed by atoms with E-state index in [0.29, 0.717) is 5.82 Å². The lowest BCUT2D eigenvalue weighted by atomic mass is 9.86. The van der Waals surface area contributed by atoms with Crippen LogP contribution in [0.2, 0.25) is 0 Å². The number of nitrogens with two attached hydrogens (primary N) is 1. The molecule has 1 saturated carbocycles. The maximum absolute atomic E-state index is 12.3. The van der Waals surface area contributed by atoms with Gasteiger partial charge in [-0.25, -0.2) is 9.97 Å². The van der Waals surface area contributed by atoms with Crippen molar-refractivity contribution in [2.45, 2.75) is 31.1 Å². The van der Waals surface area contributed by atoms with Gasteiger partial charge in [-0.1, -0.05) is 0 Å². The normalized spacial score (nSPS) is 22.9. The molecule has 18 heavy (non-hydrogen) atoms. The zero-order chi connectivity index (χ0) is 12.6. The molecule has 0 aliphatic heterocycles. The van der Waals surface area contributed by atoms with Gasteiger partial charge in [-0.3, -0.25) is 0 Å². The predicted molar refractivity (Wildman–Crippen MR) is 63.7 cm³/mol. The quantitative estimate of drug-likeness (QED) is 0.899. The first-order chi connectivity index (χ1) is 7.88. The van der Waals surface area contributed by atoms with Gasteiger partial charge in [0.2, 0.25) is 0 Å². The SMILES string of the molecule is CN(c1cnc(C(F)(F)F)cn1)[C@H]1C[C@@H](N)C1.Cl. The minimum absolute atomic E-state index is 0. The van der Waals surface area contributed by atoms with Gasteiger partial charge in [0.05, 0.1) is 12.4 Å². The second kappa shape index (κ2) is 5.27. The number of alkyl halides is 3. The van der Waals surface area contributed by atoms with Gasteiger partial charge < -0.3 is 10.6 Å². The van der Waals surface area contributed by atoms with Crippen LogP contribution < -0.4 is 10.6 Å². The van der Waals surface area contributed by atoms with Gasteiger partial charge in [0, 0.05) is 19.1 Å². The van der Waals surface area contributed by atoms with E-state index in [4.69, 9.17) is 5.73 Å². The average Bonchev–Trinajstić information content (AvgIpc) is 2.23. The van der Waals surface area contributed by atoms with Crippen LogP contribution in [-0.4, -0.2) is 29.1 Å². The molecule has 2 N–H and O–H groups in total. The van der Waals surface area contributed by atoms with Crippen LogP contribution in [0.15, 0.2) is 12.4 Å². The molecule has 0 amide bonds. The van der Waals surface area contributed by atoms with Crippen molar-refractivity contribution in [2.24, 2.45) is 5.73 Å². The van der Waals surface area contributed by atoms with Gasteiger partial charge >= 0.3 is 6.18 Å². The fraction of sp³-hybridized carbons (Fsp3) is 0.600. The summed E-state index contributed by atoms with van der Waals surface area (Å²) in [6, 6.07) is 0.431. The molecular weight excluding hydrogens is 269 g/mol. The van der Waals surface area contributed by atoms with E-state index in [9.17, 15) is 13.2 Å². The third kappa shape index (κ3) is 3.02. The Morgan fingerprint density at radius 3 is 2.28 bits per heavy atom. The van der Waals surface area contributed by atoms with E-state index in [1.165, 1.54) is 0 Å². The highest BCUT2D eigenvalue weighted by Gasteiger charge is 2.34. The van der Waals surface area contributed by atoms with Crippen LogP contribution in [0.4, 0.5) is 19.0 Å². The molecule has 1 aliphatic carbocycles. The van der Waals surface area contributed by atoms with Crippen molar-refractivity contribution in [1.82, 2.24) is 9.97 Å². The minimum Gasteiger partial charge on any atom is -0.355 e. The molecule has 0 bridgehead atoms. The van der Waals surface area contributed by atoms with Crippen molar-refractivity contribution < 1.29 is 13.2 Å². The molecule has 0 aromatic carbocycles. The number of anilines is 1. The zero-order valence-corrected chi connectivity index (χ0v) is 10.5. The van der Waals surface area contributed by atoms with E-state index < -0.39 is 11.9 Å². The summed E-state index contributed by atoms with van der Waals surface area (Å²) < 4.78 is 36.8. The molecule has 0 atom stereocenters. The summed E-state index contributed by atoms with van der Waals surface area (Å²) in [6.45, 7) is 0. The first-order valence-electron chi connectivity index (χ1n) is 5.25. The first kappa shape index (κ1) is 15.0. The molecular formula is C10H14ClF3N4. The van der Waals surface area contributed by atoms with Crippen LogP contribution in [0, 0.1) is 0 Å². The maximum atomic E-state index is 12.3. The van der Waals surface area contributed by atoms with Crippen molar-refractivity contribution >= 4 is 18.2 Å². The van der Waals surface area contributed by atoms with Gasteiger partial charge in [-0.15, -0.1) is 12.4 Å². The summed E-state index contributed by atoms with van der Waals surface area (Å²) in [5, 5.41) is 0. The van der Waals surface area contributed by atoms with E-state index in [1.807, 2.05) is 4.90 Å². The molecule has 1 fully saturated rings. The number of hydrogen-bond donors (Lipinski definition) is 1. The van der Waals surface area contributed by atoms with E-state index in [0.717, 1.165) is 25.2 Å². The maximum Gasteiger partial charge on any atom is 0.434 e. The van der Waals surface area contributed by atoms with Crippen LogP contribution in [0.25, 0.3) is 0 Å². The van der Waals surface area contributed by atoms with E-state index in [2.05, 4.69) is 9.97 Å². The molecule has 0 spiro atoms. The molecule has 0 radical (unpaired) electrons. The summed E-state index contributed by atoms with van der Waals surface area (Å²) in [7, 11) is 1.79. The third-order valence-corrected chi connectivity index (χ3v) is 2.99. The Hall–Kier alpha value is -1.08. The van der Waals surface area contributed by atoms with Crippen LogP contribution in [0.3, 0.4) is 0 Å². The van der Waals surface area contributed by atoms with E-state index in [1.54, 1.807) is 7.05 Å². The highest BCUT2D eigenvalue weighted by molar-refractivity contribution is 5.85. The van der Waals surface area contributed by atoms with E-state index >= 15 is 0 Å². The van der Waals surface area contributed by atoms with Gasteiger partial charge in [-0.2, -0.15) is 13.2 Å². The lowest BCUT2D eigenvalue weighted by Crippen LogP contribution is -2.49. The molecule has 4 nitrogen and oxygen atoms in total. The summed E-state index contributed by atoms with van der Waals surface area (Å²) in [6.07, 6.45) is -0.877. The van der Waals surface area contributed by atoms with Crippen LogP contribution in [0.1, 0.15) is 18.5 Å². The summed E-state index contributed by atoms with van der Waals surface area (Å²) in [5.41, 5.74) is 4.68. The van der Waals surface area contributed by atoms with Crippen LogP contribution >= 0.6 is 12.4 Å². The molecule has 1 aromatic heterocycles. The van der Waals surface area contributed by atoms with Gasteiger partial charge in [0.1, 0.15) is 5.82 Å². The van der Waals surface area contributed by atoms with Crippen molar-refractivity contribution in [2.75, 3.05) is 11.9 Å².